The molecule has 1 aromatic rings. The molecule has 1 aromatic carbocycles. The van der Waals surface area contributed by atoms with Gasteiger partial charge in [0.15, 0.2) is 0 Å². The molecule has 6 heteroatoms. The zero-order valence-corrected chi connectivity index (χ0v) is 13.0. The van der Waals surface area contributed by atoms with Gasteiger partial charge >= 0.3 is 0 Å². The predicted molar refractivity (Wildman–Crippen MR) is 83.9 cm³/mol. The van der Waals surface area contributed by atoms with Crippen LogP contribution in [0.25, 0.3) is 0 Å². The molecule has 0 aliphatic carbocycles. The van der Waals surface area contributed by atoms with E-state index < -0.39 is 0 Å². The number of carbonyl (C=O) groups is 1. The first kappa shape index (κ1) is 20.5. The first-order chi connectivity index (χ1) is 8.13. The molecule has 0 saturated carbocycles. The monoisotopic (exact) mass is 307 g/mol. The fourth-order valence-corrected chi connectivity index (χ4v) is 1.52. The second kappa shape index (κ2) is 11.1. The van der Waals surface area contributed by atoms with E-state index in [0.29, 0.717) is 6.54 Å². The van der Waals surface area contributed by atoms with Gasteiger partial charge in [-0.2, -0.15) is 0 Å². The van der Waals surface area contributed by atoms with Crippen LogP contribution in [0.2, 0.25) is 0 Å². The van der Waals surface area contributed by atoms with Crippen molar-refractivity contribution in [2.75, 3.05) is 20.1 Å². The molecule has 1 atom stereocenters. The van der Waals surface area contributed by atoms with E-state index in [1.807, 2.05) is 25.2 Å². The van der Waals surface area contributed by atoms with Crippen LogP contribution in [0, 0.1) is 0 Å². The minimum Gasteiger partial charge on any atom is -0.353 e. The molecule has 0 fully saturated rings. The van der Waals surface area contributed by atoms with Crippen molar-refractivity contribution in [2.24, 2.45) is 5.73 Å². The third-order valence-electron chi connectivity index (χ3n) is 2.81. The van der Waals surface area contributed by atoms with Gasteiger partial charge in [0.25, 0.3) is 0 Å². The van der Waals surface area contributed by atoms with Crippen molar-refractivity contribution in [1.29, 1.82) is 0 Å². The van der Waals surface area contributed by atoms with Crippen LogP contribution in [-0.2, 0) is 11.3 Å². The largest absolute Gasteiger partial charge is 0.353 e. The summed E-state index contributed by atoms with van der Waals surface area (Å²) in [6.45, 7) is 3.63. The van der Waals surface area contributed by atoms with Gasteiger partial charge in [0, 0.05) is 19.1 Å². The highest BCUT2D eigenvalue weighted by atomic mass is 35.5. The van der Waals surface area contributed by atoms with Gasteiger partial charge in [-0.1, -0.05) is 30.3 Å². The molecule has 1 amide bonds. The fraction of sp³-hybridized carbons (Fsp3) is 0.462. The van der Waals surface area contributed by atoms with Crippen molar-refractivity contribution in [3.63, 3.8) is 0 Å². The van der Waals surface area contributed by atoms with Gasteiger partial charge in [-0.25, -0.2) is 0 Å². The van der Waals surface area contributed by atoms with Gasteiger partial charge in [0.2, 0.25) is 5.91 Å². The molecule has 0 saturated heterocycles. The summed E-state index contributed by atoms with van der Waals surface area (Å²) in [4.78, 5) is 13.2. The van der Waals surface area contributed by atoms with Crippen molar-refractivity contribution >= 4 is 30.7 Å². The summed E-state index contributed by atoms with van der Waals surface area (Å²) in [5.74, 6) is -0.107. The van der Waals surface area contributed by atoms with E-state index in [-0.39, 0.29) is 43.3 Å². The molecular weight excluding hydrogens is 285 g/mol. The van der Waals surface area contributed by atoms with E-state index in [4.69, 9.17) is 5.73 Å². The summed E-state index contributed by atoms with van der Waals surface area (Å²) in [6, 6.07) is 10.6. The molecule has 0 aromatic heterocycles. The molecule has 3 N–H and O–H groups in total. The minimum atomic E-state index is -0.107. The van der Waals surface area contributed by atoms with Crippen molar-refractivity contribution < 1.29 is 4.79 Å². The van der Waals surface area contributed by atoms with Gasteiger partial charge in [0.1, 0.15) is 0 Å². The Labute approximate surface area is 127 Å². The maximum Gasteiger partial charge on any atom is 0.233 e. The fourth-order valence-electron chi connectivity index (χ4n) is 1.52. The zero-order valence-electron chi connectivity index (χ0n) is 11.3. The molecule has 19 heavy (non-hydrogen) atoms. The second-order valence-electron chi connectivity index (χ2n) is 4.26. The third-order valence-corrected chi connectivity index (χ3v) is 2.81. The highest BCUT2D eigenvalue weighted by molar-refractivity contribution is 5.85. The Kier molecular flexibility index (Phi) is 11.9. The lowest BCUT2D eigenvalue weighted by atomic mass is 10.2. The van der Waals surface area contributed by atoms with E-state index in [1.165, 1.54) is 5.56 Å². The smallest absolute Gasteiger partial charge is 0.233 e. The van der Waals surface area contributed by atoms with Crippen molar-refractivity contribution in [1.82, 2.24) is 10.2 Å². The molecule has 0 heterocycles. The summed E-state index contributed by atoms with van der Waals surface area (Å²) >= 11 is 0. The SMILES string of the molecule is CC(CNC(=O)CN)N(C)Cc1ccccc1.Cl.Cl. The number of hydrogen-bond donors (Lipinski definition) is 2. The van der Waals surface area contributed by atoms with Gasteiger partial charge in [-0.3, -0.25) is 9.69 Å². The Bertz CT molecular complexity index is 349. The summed E-state index contributed by atoms with van der Waals surface area (Å²) in [7, 11) is 2.05. The molecular formula is C13H23Cl2N3O. The maximum absolute atomic E-state index is 11.0. The van der Waals surface area contributed by atoms with Crippen LogP contribution in [0.1, 0.15) is 12.5 Å². The van der Waals surface area contributed by atoms with Crippen LogP contribution >= 0.6 is 24.8 Å². The van der Waals surface area contributed by atoms with Crippen molar-refractivity contribution in [2.45, 2.75) is 19.5 Å². The molecule has 0 spiro atoms. The number of likely N-dealkylation sites (N-methyl/N-ethyl adjacent to an activating group) is 1. The molecule has 0 aliphatic heterocycles. The summed E-state index contributed by atoms with van der Waals surface area (Å²) in [5.41, 5.74) is 6.50. The van der Waals surface area contributed by atoms with Gasteiger partial charge in [-0.15, -0.1) is 24.8 Å². The van der Waals surface area contributed by atoms with Crippen LogP contribution in [0.3, 0.4) is 0 Å². The summed E-state index contributed by atoms with van der Waals surface area (Å²) in [6.07, 6.45) is 0. The van der Waals surface area contributed by atoms with Gasteiger partial charge < -0.3 is 11.1 Å². The number of carbonyl (C=O) groups excluding carboxylic acids is 1. The van der Waals surface area contributed by atoms with Crippen molar-refractivity contribution in [3.8, 4) is 0 Å². The Morgan fingerprint density at radius 2 is 1.89 bits per heavy atom. The minimum absolute atomic E-state index is 0. The van der Waals surface area contributed by atoms with E-state index in [1.54, 1.807) is 0 Å². The molecule has 0 bridgehead atoms. The first-order valence-electron chi connectivity index (χ1n) is 5.84. The Hall–Kier alpha value is -0.810. The van der Waals surface area contributed by atoms with E-state index >= 15 is 0 Å². The molecule has 110 valence electrons. The molecule has 0 aliphatic rings. The highest BCUT2D eigenvalue weighted by Gasteiger charge is 2.10. The Morgan fingerprint density at radius 3 is 2.42 bits per heavy atom. The van der Waals surface area contributed by atoms with E-state index in [9.17, 15) is 4.79 Å². The highest BCUT2D eigenvalue weighted by Crippen LogP contribution is 2.05. The zero-order chi connectivity index (χ0) is 12.7. The lowest BCUT2D eigenvalue weighted by Crippen LogP contribution is -2.41. The van der Waals surface area contributed by atoms with Crippen LogP contribution in [0.5, 0.6) is 0 Å². The third kappa shape index (κ3) is 8.06. The normalized spacial score (nSPS) is 11.2. The van der Waals surface area contributed by atoms with Crippen LogP contribution in [0.4, 0.5) is 0 Å². The van der Waals surface area contributed by atoms with Crippen LogP contribution in [-0.4, -0.2) is 37.0 Å². The number of hydrogen-bond acceptors (Lipinski definition) is 3. The number of nitrogens with zero attached hydrogens (tertiary/aromatic N) is 1. The predicted octanol–water partition coefficient (Wildman–Crippen LogP) is 1.43. The first-order valence-corrected chi connectivity index (χ1v) is 5.84. The molecule has 1 unspecified atom stereocenters. The van der Waals surface area contributed by atoms with Gasteiger partial charge in [0.05, 0.1) is 6.54 Å². The number of amides is 1. The maximum atomic E-state index is 11.0. The second-order valence-corrected chi connectivity index (χ2v) is 4.26. The number of nitrogens with one attached hydrogen (secondary N) is 1. The summed E-state index contributed by atoms with van der Waals surface area (Å²) in [5, 5.41) is 2.79. The summed E-state index contributed by atoms with van der Waals surface area (Å²) < 4.78 is 0. The average molecular weight is 308 g/mol. The van der Waals surface area contributed by atoms with Crippen LogP contribution in [0.15, 0.2) is 30.3 Å². The lowest BCUT2D eigenvalue weighted by molar-refractivity contribution is -0.119. The number of rotatable bonds is 6. The molecule has 4 nitrogen and oxygen atoms in total. The molecule has 0 radical (unpaired) electrons. The Morgan fingerprint density at radius 1 is 1.32 bits per heavy atom. The van der Waals surface area contributed by atoms with E-state index in [0.717, 1.165) is 6.54 Å². The topological polar surface area (TPSA) is 58.4 Å². The van der Waals surface area contributed by atoms with Crippen molar-refractivity contribution in [3.05, 3.63) is 35.9 Å². The quantitative estimate of drug-likeness (QED) is 0.836. The van der Waals surface area contributed by atoms with E-state index in [2.05, 4.69) is 29.3 Å². The molecule has 1 rings (SSSR count). The lowest BCUT2D eigenvalue weighted by Gasteiger charge is -2.24. The number of halogens is 2. The number of nitrogens with two attached hydrogens (primary N) is 1. The standard InChI is InChI=1S/C13H21N3O.2ClH/c1-11(9-15-13(17)8-14)16(2)10-12-6-4-3-5-7-12;;/h3-7,11H,8-10,14H2,1-2H3,(H,15,17);2*1H. The van der Waals surface area contributed by atoms with Gasteiger partial charge in [-0.05, 0) is 19.5 Å². The Balaban J connectivity index is 0. The average Bonchev–Trinajstić information content (AvgIpc) is 2.36. The number of benzene rings is 1. The van der Waals surface area contributed by atoms with Crippen LogP contribution < -0.4 is 11.1 Å².